The number of fused-ring (bicyclic) bond motifs is 1. The Labute approximate surface area is 139 Å². The minimum atomic E-state index is -0.248. The molecule has 0 saturated heterocycles. The summed E-state index contributed by atoms with van der Waals surface area (Å²) in [5, 5.41) is 4.03. The van der Waals surface area contributed by atoms with Crippen molar-refractivity contribution in [3.63, 3.8) is 0 Å². The van der Waals surface area contributed by atoms with Gasteiger partial charge in [0.1, 0.15) is 5.75 Å². The standard InChI is InChI=1S/C19H18N2O3/c1-12-8-13(2)10-14(9-12)21-18(22)11-24-17-5-3-4-16-15(17)6-7-20-19(16)23/h3-10H,11H2,1-2H3,(H,20,23)(H,21,22). The largest absolute Gasteiger partial charge is 0.483 e. The number of aromatic amines is 1. The molecule has 5 heteroatoms. The van der Waals surface area contributed by atoms with E-state index < -0.39 is 0 Å². The first-order chi connectivity index (χ1) is 11.5. The molecule has 0 unspecified atom stereocenters. The third-order valence-corrected chi connectivity index (χ3v) is 3.64. The summed E-state index contributed by atoms with van der Waals surface area (Å²) in [6.45, 7) is 3.83. The van der Waals surface area contributed by atoms with E-state index in [1.54, 1.807) is 30.5 Å². The quantitative estimate of drug-likeness (QED) is 0.775. The van der Waals surface area contributed by atoms with E-state index in [2.05, 4.69) is 10.3 Å². The molecule has 5 nitrogen and oxygen atoms in total. The van der Waals surface area contributed by atoms with E-state index >= 15 is 0 Å². The molecule has 24 heavy (non-hydrogen) atoms. The zero-order valence-corrected chi connectivity index (χ0v) is 13.6. The van der Waals surface area contributed by atoms with Gasteiger partial charge in [0.25, 0.3) is 11.5 Å². The van der Waals surface area contributed by atoms with Crippen molar-refractivity contribution in [3.8, 4) is 5.75 Å². The van der Waals surface area contributed by atoms with Gasteiger partial charge < -0.3 is 15.0 Å². The van der Waals surface area contributed by atoms with Gasteiger partial charge in [-0.1, -0.05) is 12.1 Å². The van der Waals surface area contributed by atoms with Gasteiger partial charge in [0, 0.05) is 17.3 Å². The summed E-state index contributed by atoms with van der Waals surface area (Å²) in [6.07, 6.45) is 1.56. The maximum atomic E-state index is 12.1. The van der Waals surface area contributed by atoms with Crippen molar-refractivity contribution in [3.05, 3.63) is 70.1 Å². The van der Waals surface area contributed by atoms with Crippen molar-refractivity contribution < 1.29 is 9.53 Å². The zero-order chi connectivity index (χ0) is 17.1. The van der Waals surface area contributed by atoms with Crippen LogP contribution in [0.15, 0.2) is 53.5 Å². The Balaban J connectivity index is 1.73. The molecule has 1 aromatic heterocycles. The molecule has 0 spiro atoms. The highest BCUT2D eigenvalue weighted by Gasteiger charge is 2.08. The Morgan fingerprint density at radius 1 is 1.08 bits per heavy atom. The predicted molar refractivity (Wildman–Crippen MR) is 94.6 cm³/mol. The molecule has 1 heterocycles. The van der Waals surface area contributed by atoms with Crippen LogP contribution in [0, 0.1) is 13.8 Å². The van der Waals surface area contributed by atoms with Crippen molar-refractivity contribution in [2.24, 2.45) is 0 Å². The lowest BCUT2D eigenvalue weighted by Gasteiger charge is -2.10. The third-order valence-electron chi connectivity index (χ3n) is 3.64. The summed E-state index contributed by atoms with van der Waals surface area (Å²) in [5.41, 5.74) is 2.73. The Kier molecular flexibility index (Phi) is 4.33. The summed E-state index contributed by atoms with van der Waals surface area (Å²) in [4.78, 5) is 26.5. The van der Waals surface area contributed by atoms with E-state index in [-0.39, 0.29) is 18.1 Å². The molecule has 1 amide bonds. The van der Waals surface area contributed by atoms with Crippen LogP contribution >= 0.6 is 0 Å². The Morgan fingerprint density at radius 3 is 2.58 bits per heavy atom. The molecular formula is C19H18N2O3. The number of amides is 1. The highest BCUT2D eigenvalue weighted by molar-refractivity contribution is 5.93. The molecule has 0 aliphatic rings. The smallest absolute Gasteiger partial charge is 0.262 e. The first-order valence-electron chi connectivity index (χ1n) is 7.64. The van der Waals surface area contributed by atoms with Gasteiger partial charge in [-0.05, 0) is 55.3 Å². The van der Waals surface area contributed by atoms with E-state index in [1.807, 2.05) is 32.0 Å². The van der Waals surface area contributed by atoms with Gasteiger partial charge in [-0.15, -0.1) is 0 Å². The summed E-state index contributed by atoms with van der Waals surface area (Å²) >= 11 is 0. The fourth-order valence-corrected chi connectivity index (χ4v) is 2.71. The molecule has 0 aliphatic carbocycles. The summed E-state index contributed by atoms with van der Waals surface area (Å²) in [7, 11) is 0. The first-order valence-corrected chi connectivity index (χ1v) is 7.64. The van der Waals surface area contributed by atoms with Crippen LogP contribution in [0.5, 0.6) is 5.75 Å². The Morgan fingerprint density at radius 2 is 1.83 bits per heavy atom. The highest BCUT2D eigenvalue weighted by atomic mass is 16.5. The lowest BCUT2D eigenvalue weighted by atomic mass is 10.1. The molecule has 0 bridgehead atoms. The SMILES string of the molecule is Cc1cc(C)cc(NC(=O)COc2cccc3c(=O)[nH]ccc23)c1. The average molecular weight is 322 g/mol. The summed E-state index contributed by atoms with van der Waals surface area (Å²) in [6, 6.07) is 12.8. The van der Waals surface area contributed by atoms with Crippen molar-refractivity contribution in [2.75, 3.05) is 11.9 Å². The van der Waals surface area contributed by atoms with Gasteiger partial charge in [-0.25, -0.2) is 0 Å². The van der Waals surface area contributed by atoms with Gasteiger partial charge in [0.2, 0.25) is 0 Å². The number of carbonyl (C=O) groups is 1. The number of pyridine rings is 1. The molecule has 0 fully saturated rings. The molecule has 2 aromatic carbocycles. The second-order valence-corrected chi connectivity index (χ2v) is 5.74. The molecular weight excluding hydrogens is 304 g/mol. The first kappa shape index (κ1) is 15.8. The molecule has 0 atom stereocenters. The number of hydrogen-bond donors (Lipinski definition) is 2. The second kappa shape index (κ2) is 6.58. The predicted octanol–water partition coefficient (Wildman–Crippen LogP) is 3.16. The van der Waals surface area contributed by atoms with E-state index in [0.29, 0.717) is 16.5 Å². The van der Waals surface area contributed by atoms with Crippen LogP contribution in [0.3, 0.4) is 0 Å². The van der Waals surface area contributed by atoms with E-state index in [4.69, 9.17) is 4.74 Å². The molecule has 3 aromatic rings. The average Bonchev–Trinajstić information content (AvgIpc) is 2.52. The number of aryl methyl sites for hydroxylation is 2. The van der Waals surface area contributed by atoms with E-state index in [0.717, 1.165) is 16.8 Å². The van der Waals surface area contributed by atoms with Gasteiger partial charge in [0.05, 0.1) is 5.39 Å². The number of nitrogens with one attached hydrogen (secondary N) is 2. The van der Waals surface area contributed by atoms with Crippen LogP contribution in [0.25, 0.3) is 10.8 Å². The number of benzene rings is 2. The number of hydrogen-bond acceptors (Lipinski definition) is 3. The second-order valence-electron chi connectivity index (χ2n) is 5.74. The number of carbonyl (C=O) groups excluding carboxylic acids is 1. The third kappa shape index (κ3) is 3.46. The number of rotatable bonds is 4. The minimum absolute atomic E-state index is 0.126. The molecule has 2 N–H and O–H groups in total. The normalized spacial score (nSPS) is 10.6. The number of anilines is 1. The van der Waals surface area contributed by atoms with Crippen molar-refractivity contribution >= 4 is 22.4 Å². The van der Waals surface area contributed by atoms with Crippen molar-refractivity contribution in [1.82, 2.24) is 4.98 Å². The van der Waals surface area contributed by atoms with Crippen LogP contribution < -0.4 is 15.6 Å². The Hall–Kier alpha value is -3.08. The van der Waals surface area contributed by atoms with Crippen LogP contribution in [0.2, 0.25) is 0 Å². The summed E-state index contributed by atoms with van der Waals surface area (Å²) < 4.78 is 5.60. The van der Waals surface area contributed by atoms with E-state index in [9.17, 15) is 9.59 Å². The highest BCUT2D eigenvalue weighted by Crippen LogP contribution is 2.22. The maximum Gasteiger partial charge on any atom is 0.262 e. The molecule has 3 rings (SSSR count). The molecule has 122 valence electrons. The fourth-order valence-electron chi connectivity index (χ4n) is 2.71. The van der Waals surface area contributed by atoms with Crippen LogP contribution in [-0.4, -0.2) is 17.5 Å². The van der Waals surface area contributed by atoms with Crippen molar-refractivity contribution in [1.29, 1.82) is 0 Å². The van der Waals surface area contributed by atoms with Gasteiger partial charge >= 0.3 is 0 Å². The number of ether oxygens (including phenoxy) is 1. The van der Waals surface area contributed by atoms with Crippen LogP contribution in [-0.2, 0) is 4.79 Å². The molecule has 0 aliphatic heterocycles. The Bertz CT molecular complexity index is 940. The van der Waals surface area contributed by atoms with Gasteiger partial charge in [-0.3, -0.25) is 9.59 Å². The van der Waals surface area contributed by atoms with Gasteiger partial charge in [-0.2, -0.15) is 0 Å². The zero-order valence-electron chi connectivity index (χ0n) is 13.6. The van der Waals surface area contributed by atoms with Crippen LogP contribution in [0.1, 0.15) is 11.1 Å². The fraction of sp³-hybridized carbons (Fsp3) is 0.158. The minimum Gasteiger partial charge on any atom is -0.483 e. The van der Waals surface area contributed by atoms with Crippen LogP contribution in [0.4, 0.5) is 5.69 Å². The number of aromatic nitrogens is 1. The lowest BCUT2D eigenvalue weighted by molar-refractivity contribution is -0.118. The van der Waals surface area contributed by atoms with Gasteiger partial charge in [0.15, 0.2) is 6.61 Å². The topological polar surface area (TPSA) is 71.2 Å². The summed E-state index contributed by atoms with van der Waals surface area (Å²) in [5.74, 6) is 0.260. The molecule has 0 radical (unpaired) electrons. The monoisotopic (exact) mass is 322 g/mol. The van der Waals surface area contributed by atoms with E-state index in [1.165, 1.54) is 0 Å². The molecule has 0 saturated carbocycles. The lowest BCUT2D eigenvalue weighted by Crippen LogP contribution is -2.20. The van der Waals surface area contributed by atoms with Crippen molar-refractivity contribution in [2.45, 2.75) is 13.8 Å². The number of H-pyrrole nitrogens is 1. The maximum absolute atomic E-state index is 12.1.